The van der Waals surface area contributed by atoms with E-state index in [1.165, 1.54) is 0 Å². The molecule has 0 saturated heterocycles. The molecule has 2 rings (SSSR count). The maximum absolute atomic E-state index is 10.9. The quantitative estimate of drug-likeness (QED) is 0.631. The van der Waals surface area contributed by atoms with Crippen LogP contribution in [0.2, 0.25) is 5.02 Å². The smallest absolute Gasteiger partial charge is 0.203 e. The average molecular weight is 209 g/mol. The van der Waals surface area contributed by atoms with E-state index in [2.05, 4.69) is 5.10 Å². The van der Waals surface area contributed by atoms with Gasteiger partial charge in [0.2, 0.25) is 6.21 Å². The Morgan fingerprint density at radius 3 is 3.00 bits per heavy atom. The Labute approximate surface area is 87.0 Å². The summed E-state index contributed by atoms with van der Waals surface area (Å²) in [5.41, 5.74) is 0.955. The third kappa shape index (κ3) is 2.12. The van der Waals surface area contributed by atoms with Crippen molar-refractivity contribution in [3.8, 4) is 0 Å². The van der Waals surface area contributed by atoms with Crippen molar-refractivity contribution >= 4 is 23.7 Å². The molecule has 0 radical (unpaired) electrons. The Morgan fingerprint density at radius 2 is 2.36 bits per heavy atom. The first-order valence-electron chi connectivity index (χ1n) is 4.35. The lowest BCUT2D eigenvalue weighted by atomic mass is 10.2. The molecule has 14 heavy (non-hydrogen) atoms. The zero-order valence-corrected chi connectivity index (χ0v) is 8.24. The van der Waals surface area contributed by atoms with Gasteiger partial charge in [0.15, 0.2) is 6.54 Å². The first-order chi connectivity index (χ1) is 6.74. The molecule has 0 fully saturated rings. The lowest BCUT2D eigenvalue weighted by Crippen LogP contribution is -2.13. The van der Waals surface area contributed by atoms with Crippen LogP contribution in [0, 0.1) is 0 Å². The van der Waals surface area contributed by atoms with E-state index in [-0.39, 0.29) is 5.90 Å². The molecule has 0 aromatic heterocycles. The summed E-state index contributed by atoms with van der Waals surface area (Å²) in [5.74, 6) is -0.0664. The predicted octanol–water partition coefficient (Wildman–Crippen LogP) is 0.849. The van der Waals surface area contributed by atoms with Crippen LogP contribution in [0.4, 0.5) is 0 Å². The summed E-state index contributed by atoms with van der Waals surface area (Å²) >= 11 is 5.82. The molecule has 0 saturated carbocycles. The van der Waals surface area contributed by atoms with E-state index >= 15 is 0 Å². The molecule has 1 aliphatic rings. The van der Waals surface area contributed by atoms with Crippen molar-refractivity contribution in [2.24, 2.45) is 5.10 Å². The zero-order valence-electron chi connectivity index (χ0n) is 7.48. The van der Waals surface area contributed by atoms with Gasteiger partial charge in [0, 0.05) is 22.9 Å². The summed E-state index contributed by atoms with van der Waals surface area (Å²) in [5, 5.41) is 15.3. The van der Waals surface area contributed by atoms with Crippen LogP contribution in [0.5, 0.6) is 0 Å². The monoisotopic (exact) mass is 208 g/mol. The SMILES string of the molecule is [O-]C1=N/[N+](=C\c2cccc(Cl)c2)CC1. The van der Waals surface area contributed by atoms with Crippen LogP contribution in [0.25, 0.3) is 0 Å². The topological polar surface area (TPSA) is 38.4 Å². The van der Waals surface area contributed by atoms with Crippen LogP contribution in [0.1, 0.15) is 12.0 Å². The van der Waals surface area contributed by atoms with Crippen LogP contribution in [-0.4, -0.2) is 23.3 Å². The fraction of sp³-hybridized carbons (Fsp3) is 0.200. The third-order valence-electron chi connectivity index (χ3n) is 1.94. The van der Waals surface area contributed by atoms with E-state index in [1.807, 2.05) is 30.5 Å². The summed E-state index contributed by atoms with van der Waals surface area (Å²) in [4.78, 5) is 0. The minimum absolute atomic E-state index is 0.0664. The zero-order chi connectivity index (χ0) is 9.97. The van der Waals surface area contributed by atoms with Crippen molar-refractivity contribution in [2.45, 2.75) is 6.42 Å². The molecule has 0 atom stereocenters. The molecule has 3 nitrogen and oxygen atoms in total. The molecule has 1 aromatic carbocycles. The van der Waals surface area contributed by atoms with Gasteiger partial charge in [0.25, 0.3) is 0 Å². The molecule has 0 amide bonds. The van der Waals surface area contributed by atoms with E-state index in [0.717, 1.165) is 5.56 Å². The molecule has 1 aromatic rings. The molecule has 0 spiro atoms. The van der Waals surface area contributed by atoms with Gasteiger partial charge in [-0.15, -0.1) is 0 Å². The molecular formula is C10H9ClN2O. The van der Waals surface area contributed by atoms with Gasteiger partial charge in [-0.1, -0.05) is 22.4 Å². The van der Waals surface area contributed by atoms with Gasteiger partial charge in [-0.05, 0) is 23.3 Å². The number of hydrogen-bond acceptors (Lipinski definition) is 2. The van der Waals surface area contributed by atoms with Crippen molar-refractivity contribution < 1.29 is 9.79 Å². The Hall–Kier alpha value is -1.35. The second-order valence-corrected chi connectivity index (χ2v) is 3.53. The van der Waals surface area contributed by atoms with Crippen LogP contribution < -0.4 is 5.11 Å². The molecule has 4 heteroatoms. The maximum Gasteiger partial charge on any atom is 0.203 e. The van der Waals surface area contributed by atoms with Crippen molar-refractivity contribution in [3.05, 3.63) is 34.9 Å². The molecule has 72 valence electrons. The number of hydrazone groups is 1. The highest BCUT2D eigenvalue weighted by molar-refractivity contribution is 6.30. The van der Waals surface area contributed by atoms with Crippen LogP contribution in [-0.2, 0) is 0 Å². The first-order valence-corrected chi connectivity index (χ1v) is 4.73. The van der Waals surface area contributed by atoms with E-state index in [0.29, 0.717) is 18.0 Å². The molecule has 0 bridgehead atoms. The second-order valence-electron chi connectivity index (χ2n) is 3.09. The predicted molar refractivity (Wildman–Crippen MR) is 53.8 cm³/mol. The Bertz CT molecular complexity index is 412. The summed E-state index contributed by atoms with van der Waals surface area (Å²) in [6, 6.07) is 7.43. The number of hydrogen-bond donors (Lipinski definition) is 0. The highest BCUT2D eigenvalue weighted by atomic mass is 35.5. The van der Waals surface area contributed by atoms with Crippen molar-refractivity contribution in [1.29, 1.82) is 0 Å². The van der Waals surface area contributed by atoms with Crippen LogP contribution in [0.3, 0.4) is 0 Å². The van der Waals surface area contributed by atoms with E-state index in [1.54, 1.807) is 4.68 Å². The average Bonchev–Trinajstić information content (AvgIpc) is 2.51. The van der Waals surface area contributed by atoms with E-state index < -0.39 is 0 Å². The molecule has 0 unspecified atom stereocenters. The minimum atomic E-state index is -0.0664. The fourth-order valence-corrected chi connectivity index (χ4v) is 1.50. The summed E-state index contributed by atoms with van der Waals surface area (Å²) < 4.78 is 1.65. The third-order valence-corrected chi connectivity index (χ3v) is 2.18. The Morgan fingerprint density at radius 1 is 1.50 bits per heavy atom. The molecule has 1 aliphatic heterocycles. The number of halogens is 1. The second kappa shape index (κ2) is 3.80. The highest BCUT2D eigenvalue weighted by Crippen LogP contribution is 2.09. The first kappa shape index (κ1) is 9.21. The Kier molecular flexibility index (Phi) is 2.50. The van der Waals surface area contributed by atoms with Gasteiger partial charge < -0.3 is 5.11 Å². The van der Waals surface area contributed by atoms with Gasteiger partial charge >= 0.3 is 0 Å². The summed E-state index contributed by atoms with van der Waals surface area (Å²) in [6.07, 6.45) is 2.31. The number of benzene rings is 1. The normalized spacial score (nSPS) is 18.6. The van der Waals surface area contributed by atoms with Crippen molar-refractivity contribution in [1.82, 2.24) is 0 Å². The van der Waals surface area contributed by atoms with Crippen LogP contribution >= 0.6 is 11.6 Å². The van der Waals surface area contributed by atoms with Crippen molar-refractivity contribution in [2.75, 3.05) is 6.54 Å². The van der Waals surface area contributed by atoms with Crippen molar-refractivity contribution in [3.63, 3.8) is 0 Å². The molecule has 0 N–H and O–H groups in total. The number of nitrogens with zero attached hydrogens (tertiary/aromatic N) is 2. The largest absolute Gasteiger partial charge is 0.857 e. The van der Waals surface area contributed by atoms with Gasteiger partial charge in [-0.2, -0.15) is 0 Å². The Balaban J connectivity index is 2.26. The van der Waals surface area contributed by atoms with Crippen LogP contribution in [0.15, 0.2) is 29.4 Å². The highest BCUT2D eigenvalue weighted by Gasteiger charge is 2.10. The standard InChI is InChI=1S/C10H9ClN2O/c11-9-3-1-2-8(6-9)7-13-5-4-10(14)12-13/h1-3,6-7H,4-5H2/b13-7-. The lowest BCUT2D eigenvalue weighted by molar-refractivity contribution is -0.519. The van der Waals surface area contributed by atoms with Gasteiger partial charge in [-0.25, -0.2) is 0 Å². The summed E-state index contributed by atoms with van der Waals surface area (Å²) in [7, 11) is 0. The van der Waals surface area contributed by atoms with E-state index in [9.17, 15) is 5.11 Å². The molecule has 1 heterocycles. The number of rotatable bonds is 1. The molecular weight excluding hydrogens is 200 g/mol. The maximum atomic E-state index is 10.9. The van der Waals surface area contributed by atoms with Gasteiger partial charge in [0.1, 0.15) is 0 Å². The fourth-order valence-electron chi connectivity index (χ4n) is 1.31. The minimum Gasteiger partial charge on any atom is -0.857 e. The molecule has 0 aliphatic carbocycles. The van der Waals surface area contributed by atoms with Gasteiger partial charge in [-0.3, -0.25) is 0 Å². The lowest BCUT2D eigenvalue weighted by Gasteiger charge is -1.91. The van der Waals surface area contributed by atoms with Gasteiger partial charge in [0.05, 0.1) is 0 Å². The van der Waals surface area contributed by atoms with E-state index in [4.69, 9.17) is 11.6 Å². The summed E-state index contributed by atoms with van der Waals surface area (Å²) in [6.45, 7) is 0.658.